The van der Waals surface area contributed by atoms with Gasteiger partial charge in [0.2, 0.25) is 5.91 Å². The number of aliphatic imine (C=N–C) groups is 1. The first-order valence-corrected chi connectivity index (χ1v) is 15.3. The van der Waals surface area contributed by atoms with Crippen LogP contribution in [-0.2, 0) is 11.2 Å². The number of alkyl halides is 3. The van der Waals surface area contributed by atoms with Gasteiger partial charge in [-0.05, 0) is 72.1 Å². The van der Waals surface area contributed by atoms with E-state index >= 15 is 0 Å². The molecule has 0 unspecified atom stereocenters. The summed E-state index contributed by atoms with van der Waals surface area (Å²) in [5.74, 6) is 1.18. The summed E-state index contributed by atoms with van der Waals surface area (Å²) in [7, 11) is 1.59. The first kappa shape index (κ1) is 32.0. The number of aromatic nitrogens is 3. The zero-order chi connectivity index (χ0) is 32.1. The molecular formula is C31H29F3N6O3S2. The van der Waals surface area contributed by atoms with Crippen LogP contribution in [0.4, 0.5) is 18.9 Å². The lowest BCUT2D eigenvalue weighted by Gasteiger charge is -2.22. The third kappa shape index (κ3) is 8.00. The fourth-order valence-corrected chi connectivity index (χ4v) is 5.75. The molecule has 1 aromatic heterocycles. The van der Waals surface area contributed by atoms with Crippen molar-refractivity contribution in [1.82, 2.24) is 20.1 Å². The summed E-state index contributed by atoms with van der Waals surface area (Å²) in [6, 6.07) is 18.8. The summed E-state index contributed by atoms with van der Waals surface area (Å²) < 4.78 is 48.1. The van der Waals surface area contributed by atoms with Gasteiger partial charge in [-0.15, -0.1) is 18.3 Å². The van der Waals surface area contributed by atoms with Crippen molar-refractivity contribution in [2.75, 3.05) is 24.3 Å². The minimum Gasteiger partial charge on any atom is -0.497 e. The third-order valence-corrected chi connectivity index (χ3v) is 7.92. The predicted octanol–water partition coefficient (Wildman–Crippen LogP) is 6.52. The maximum absolute atomic E-state index is 12.9. The van der Waals surface area contributed by atoms with Gasteiger partial charge in [-0.1, -0.05) is 49.9 Å². The molecule has 234 valence electrons. The van der Waals surface area contributed by atoms with E-state index in [4.69, 9.17) is 17.0 Å². The Bertz CT molecular complexity index is 1720. The molecule has 4 aromatic rings. The van der Waals surface area contributed by atoms with Gasteiger partial charge in [0.1, 0.15) is 17.8 Å². The molecule has 1 saturated heterocycles. The molecule has 0 spiro atoms. The highest BCUT2D eigenvalue weighted by Gasteiger charge is 2.33. The van der Waals surface area contributed by atoms with E-state index in [0.29, 0.717) is 35.4 Å². The Balaban J connectivity index is 1.22. The number of amidine groups is 1. The van der Waals surface area contributed by atoms with Gasteiger partial charge in [0.15, 0.2) is 16.1 Å². The number of thioether (sulfide) groups is 1. The second-order valence-corrected chi connectivity index (χ2v) is 11.6. The minimum absolute atomic E-state index is 0.0722. The number of halogens is 3. The van der Waals surface area contributed by atoms with Crippen molar-refractivity contribution in [3.05, 3.63) is 84.2 Å². The molecule has 14 heteroatoms. The number of anilines is 1. The smallest absolute Gasteiger partial charge is 0.497 e. The van der Waals surface area contributed by atoms with Crippen molar-refractivity contribution in [2.45, 2.75) is 32.5 Å². The van der Waals surface area contributed by atoms with E-state index in [2.05, 4.69) is 39.0 Å². The number of methoxy groups -OCH3 is 1. The first-order valence-electron chi connectivity index (χ1n) is 13.9. The molecule has 1 fully saturated rings. The van der Waals surface area contributed by atoms with Crippen LogP contribution in [0.3, 0.4) is 0 Å². The summed E-state index contributed by atoms with van der Waals surface area (Å²) in [5.41, 5.74) is 4.06. The molecule has 0 bridgehead atoms. The lowest BCUT2D eigenvalue weighted by Crippen LogP contribution is -2.32. The molecule has 5 rings (SSSR count). The Morgan fingerprint density at radius 1 is 1.11 bits per heavy atom. The van der Waals surface area contributed by atoms with Crippen LogP contribution >= 0.6 is 24.0 Å². The summed E-state index contributed by atoms with van der Waals surface area (Å²) in [4.78, 5) is 23.4. The van der Waals surface area contributed by atoms with Gasteiger partial charge >= 0.3 is 6.36 Å². The van der Waals surface area contributed by atoms with Crippen LogP contribution < -0.4 is 19.7 Å². The minimum atomic E-state index is -4.76. The van der Waals surface area contributed by atoms with E-state index in [-0.39, 0.29) is 28.4 Å². The largest absolute Gasteiger partial charge is 0.573 e. The monoisotopic (exact) mass is 654 g/mol. The van der Waals surface area contributed by atoms with Crippen molar-refractivity contribution in [3.8, 4) is 28.6 Å². The fraction of sp³-hybridized carbons (Fsp3) is 0.258. The van der Waals surface area contributed by atoms with Crippen molar-refractivity contribution in [2.24, 2.45) is 4.99 Å². The van der Waals surface area contributed by atoms with Crippen molar-refractivity contribution >= 4 is 45.9 Å². The van der Waals surface area contributed by atoms with Crippen LogP contribution in [0.2, 0.25) is 0 Å². The molecule has 0 radical (unpaired) electrons. The van der Waals surface area contributed by atoms with E-state index in [0.717, 1.165) is 22.4 Å². The van der Waals surface area contributed by atoms with E-state index in [9.17, 15) is 18.0 Å². The van der Waals surface area contributed by atoms with Crippen LogP contribution in [0.5, 0.6) is 11.5 Å². The quantitative estimate of drug-likeness (QED) is 0.204. The molecule has 45 heavy (non-hydrogen) atoms. The van der Waals surface area contributed by atoms with E-state index in [1.165, 1.54) is 47.0 Å². The highest BCUT2D eigenvalue weighted by molar-refractivity contribution is 8.15. The number of ether oxygens (including phenoxy) is 2. The molecule has 0 aliphatic carbocycles. The Hall–Kier alpha value is -4.43. The lowest BCUT2D eigenvalue weighted by atomic mass is 10.00. The molecule has 1 aliphatic heterocycles. The fourth-order valence-electron chi connectivity index (χ4n) is 4.64. The van der Waals surface area contributed by atoms with Crippen molar-refractivity contribution < 1.29 is 27.4 Å². The maximum Gasteiger partial charge on any atom is 0.573 e. The molecule has 2 heterocycles. The number of nitrogens with zero attached hydrogens (tertiary/aromatic N) is 5. The van der Waals surface area contributed by atoms with E-state index < -0.39 is 6.36 Å². The van der Waals surface area contributed by atoms with Gasteiger partial charge in [0, 0.05) is 18.2 Å². The van der Waals surface area contributed by atoms with Crippen LogP contribution in [0.25, 0.3) is 17.1 Å². The van der Waals surface area contributed by atoms with Gasteiger partial charge in [-0.25, -0.2) is 9.67 Å². The highest BCUT2D eigenvalue weighted by Crippen LogP contribution is 2.36. The highest BCUT2D eigenvalue weighted by atomic mass is 32.2. The summed E-state index contributed by atoms with van der Waals surface area (Å²) in [6.07, 6.45) is -2.64. The number of hydrogen-bond acceptors (Lipinski definition) is 7. The predicted molar refractivity (Wildman–Crippen MR) is 172 cm³/mol. The zero-order valence-electron chi connectivity index (χ0n) is 24.5. The summed E-state index contributed by atoms with van der Waals surface area (Å²) in [5, 5.41) is 8.42. The average Bonchev–Trinajstić information content (AvgIpc) is 3.63. The molecular weight excluding hydrogens is 626 g/mol. The number of nitrogens with one attached hydrogen (secondary N) is 1. The van der Waals surface area contributed by atoms with Crippen LogP contribution in [0.1, 0.15) is 30.9 Å². The zero-order valence-corrected chi connectivity index (χ0v) is 26.2. The molecule has 0 saturated carbocycles. The second kappa shape index (κ2) is 13.7. The Kier molecular flexibility index (Phi) is 9.73. The van der Waals surface area contributed by atoms with Crippen LogP contribution in [0.15, 0.2) is 78.0 Å². The van der Waals surface area contributed by atoms with Gasteiger partial charge in [0.05, 0.1) is 24.2 Å². The van der Waals surface area contributed by atoms with E-state index in [1.807, 2.05) is 42.5 Å². The van der Waals surface area contributed by atoms with Crippen molar-refractivity contribution in [1.29, 1.82) is 0 Å². The number of hydrogen-bond donors (Lipinski definition) is 1. The maximum atomic E-state index is 12.9. The number of rotatable bonds is 9. The van der Waals surface area contributed by atoms with Crippen LogP contribution in [-0.4, -0.2) is 56.7 Å². The third-order valence-electron chi connectivity index (χ3n) is 6.76. The number of carbonyl (C=O) groups excluding carboxylic acids is 1. The number of amides is 1. The molecule has 0 atom stereocenters. The number of thiocarbonyl (C=S) groups is 1. The lowest BCUT2D eigenvalue weighted by molar-refractivity contribution is -0.274. The van der Waals surface area contributed by atoms with E-state index in [1.54, 1.807) is 12.0 Å². The molecule has 1 N–H and O–H groups in total. The normalized spacial score (nSPS) is 14.3. The SMILES string of the molecule is COc1ccc(C(C)C)c(N2C(=O)CSC2=NC(=S)NCCc2cccc(-c3ncn(-c4ccc(OC(F)(F)F)cc4)n3)c2)c1. The topological polar surface area (TPSA) is 93.9 Å². The molecule has 3 aromatic carbocycles. The number of carbonyl (C=O) groups is 1. The Morgan fingerprint density at radius 2 is 1.87 bits per heavy atom. The van der Waals surface area contributed by atoms with Crippen molar-refractivity contribution in [3.63, 3.8) is 0 Å². The van der Waals surface area contributed by atoms with Gasteiger partial charge in [-0.3, -0.25) is 9.69 Å². The molecule has 9 nitrogen and oxygen atoms in total. The van der Waals surface area contributed by atoms with Gasteiger partial charge in [-0.2, -0.15) is 4.99 Å². The molecule has 1 aliphatic rings. The summed E-state index contributed by atoms with van der Waals surface area (Å²) >= 11 is 6.84. The van der Waals surface area contributed by atoms with Crippen LogP contribution in [0, 0.1) is 0 Å². The second-order valence-electron chi connectivity index (χ2n) is 10.2. The Labute approximate surface area is 267 Å². The number of benzene rings is 3. The average molecular weight is 655 g/mol. The standard InChI is InChI=1S/C31H29F3N6O3S2/c1-19(2)25-12-11-24(42-3)16-26(25)40-27(41)17-45-30(40)37-29(44)35-14-13-20-5-4-6-21(15-20)28-36-18-39(38-28)22-7-9-23(10-8-22)43-31(32,33)34/h4-12,15-16,18-19H,13-14,17H2,1-3H3,(H,35,44). The summed E-state index contributed by atoms with van der Waals surface area (Å²) in [6.45, 7) is 4.64. The Morgan fingerprint density at radius 3 is 2.58 bits per heavy atom. The van der Waals surface area contributed by atoms with Gasteiger partial charge < -0.3 is 14.8 Å². The van der Waals surface area contributed by atoms with Gasteiger partial charge in [0.25, 0.3) is 0 Å². The molecule has 1 amide bonds. The first-order chi connectivity index (χ1) is 21.5.